The van der Waals surface area contributed by atoms with Gasteiger partial charge in [-0.15, -0.1) is 0 Å². The molecule has 8 heteroatoms. The number of hydrogen-bond acceptors (Lipinski definition) is 5. The summed E-state index contributed by atoms with van der Waals surface area (Å²) < 4.78 is 24.6. The van der Waals surface area contributed by atoms with E-state index in [4.69, 9.17) is 4.98 Å². The quantitative estimate of drug-likeness (QED) is 0.554. The number of amides is 1. The predicted molar refractivity (Wildman–Crippen MR) is 140 cm³/mol. The molecule has 0 radical (unpaired) electrons. The second-order valence-electron chi connectivity index (χ2n) is 12.2. The molecule has 0 saturated carbocycles. The Hall–Kier alpha value is -2.48. The standard InChI is InChI=1S/C27H38N4O3S/c1-17-16-28-23(29-17)24(32)31-21-9-8-20(30-22(21)18-10-12-25(2,3)13-11-18)19-14-26(4,5)35(33,34)27(6,7)15-19/h8-10,16,19H,11-15H2,1-7H3,(H,28,29)(H,31,32). The largest absolute Gasteiger partial charge is 0.340 e. The summed E-state index contributed by atoms with van der Waals surface area (Å²) in [5.74, 6) is -0.0330. The molecule has 35 heavy (non-hydrogen) atoms. The number of imidazole rings is 1. The van der Waals surface area contributed by atoms with Crippen molar-refractivity contribution in [1.82, 2.24) is 15.0 Å². The molecular formula is C27H38N4O3S. The highest BCUT2D eigenvalue weighted by Gasteiger charge is 2.52. The van der Waals surface area contributed by atoms with Crippen LogP contribution < -0.4 is 5.32 Å². The zero-order valence-electron chi connectivity index (χ0n) is 21.9. The minimum atomic E-state index is -3.28. The van der Waals surface area contributed by atoms with Crippen molar-refractivity contribution in [2.75, 3.05) is 5.32 Å². The Balaban J connectivity index is 1.73. The first-order valence-corrected chi connectivity index (χ1v) is 13.9. The van der Waals surface area contributed by atoms with E-state index >= 15 is 0 Å². The van der Waals surface area contributed by atoms with Crippen molar-refractivity contribution in [1.29, 1.82) is 0 Å². The number of carbonyl (C=O) groups is 1. The normalized spacial score (nSPS) is 22.9. The number of allylic oxidation sites excluding steroid dienone is 2. The van der Waals surface area contributed by atoms with E-state index in [1.54, 1.807) is 6.20 Å². The molecular weight excluding hydrogens is 460 g/mol. The lowest BCUT2D eigenvalue weighted by atomic mass is 9.77. The van der Waals surface area contributed by atoms with Gasteiger partial charge in [-0.05, 0) is 89.8 Å². The average molecular weight is 499 g/mol. The lowest BCUT2D eigenvalue weighted by Gasteiger charge is -2.44. The number of pyridine rings is 1. The Bertz CT molecular complexity index is 1260. The van der Waals surface area contributed by atoms with Crippen LogP contribution in [0.4, 0.5) is 5.69 Å². The highest BCUT2D eigenvalue weighted by molar-refractivity contribution is 7.94. The van der Waals surface area contributed by atoms with Gasteiger partial charge in [0.1, 0.15) is 0 Å². The van der Waals surface area contributed by atoms with E-state index in [9.17, 15) is 13.2 Å². The van der Waals surface area contributed by atoms with Crippen LogP contribution in [0.2, 0.25) is 0 Å². The van der Waals surface area contributed by atoms with Crippen LogP contribution in [0.25, 0.3) is 5.57 Å². The van der Waals surface area contributed by atoms with Crippen molar-refractivity contribution >= 4 is 27.0 Å². The average Bonchev–Trinajstić information content (AvgIpc) is 3.19. The van der Waals surface area contributed by atoms with Crippen molar-refractivity contribution in [3.63, 3.8) is 0 Å². The Morgan fingerprint density at radius 3 is 2.26 bits per heavy atom. The van der Waals surface area contributed by atoms with Crippen molar-refractivity contribution in [3.05, 3.63) is 47.3 Å². The number of aromatic amines is 1. The lowest BCUT2D eigenvalue weighted by Crippen LogP contribution is -2.51. The monoisotopic (exact) mass is 498 g/mol. The third kappa shape index (κ3) is 4.82. The minimum Gasteiger partial charge on any atom is -0.340 e. The number of carbonyl (C=O) groups excluding carboxylic acids is 1. The van der Waals surface area contributed by atoms with Crippen LogP contribution in [0.15, 0.2) is 24.4 Å². The van der Waals surface area contributed by atoms with E-state index in [0.717, 1.165) is 41.9 Å². The molecule has 2 N–H and O–H groups in total. The van der Waals surface area contributed by atoms with Crippen molar-refractivity contribution in [2.45, 2.75) is 96.0 Å². The van der Waals surface area contributed by atoms with E-state index in [2.05, 4.69) is 35.2 Å². The van der Waals surface area contributed by atoms with E-state index in [1.165, 1.54) is 0 Å². The highest BCUT2D eigenvalue weighted by atomic mass is 32.2. The summed E-state index contributed by atoms with van der Waals surface area (Å²) >= 11 is 0. The van der Waals surface area contributed by atoms with Gasteiger partial charge in [-0.1, -0.05) is 19.9 Å². The fraction of sp³-hybridized carbons (Fsp3) is 0.593. The van der Waals surface area contributed by atoms with Crippen LogP contribution in [0.1, 0.15) is 107 Å². The molecule has 0 bridgehead atoms. The maximum atomic E-state index is 13.1. The molecule has 1 fully saturated rings. The third-order valence-corrected chi connectivity index (χ3v) is 11.0. The summed E-state index contributed by atoms with van der Waals surface area (Å²) in [4.78, 5) is 25.1. The number of rotatable bonds is 4. The van der Waals surface area contributed by atoms with E-state index in [1.807, 2.05) is 46.8 Å². The first-order chi connectivity index (χ1) is 16.1. The van der Waals surface area contributed by atoms with Gasteiger partial charge < -0.3 is 10.3 Å². The van der Waals surface area contributed by atoms with Gasteiger partial charge in [0.15, 0.2) is 15.7 Å². The molecule has 1 aliphatic heterocycles. The maximum Gasteiger partial charge on any atom is 0.291 e. The van der Waals surface area contributed by atoms with Gasteiger partial charge in [-0.2, -0.15) is 0 Å². The molecule has 190 valence electrons. The molecule has 3 heterocycles. The molecule has 1 saturated heterocycles. The van der Waals surface area contributed by atoms with Gasteiger partial charge in [0.2, 0.25) is 0 Å². The second kappa shape index (κ2) is 8.57. The summed E-state index contributed by atoms with van der Waals surface area (Å²) in [6.45, 7) is 13.6. The summed E-state index contributed by atoms with van der Waals surface area (Å²) in [6.07, 6.45) is 7.84. The van der Waals surface area contributed by atoms with Crippen LogP contribution in [0, 0.1) is 12.3 Å². The number of anilines is 1. The number of sulfone groups is 1. The molecule has 2 aromatic heterocycles. The zero-order chi connectivity index (χ0) is 25.8. The Labute approximate surface area is 209 Å². The fourth-order valence-electron chi connectivity index (χ4n) is 5.49. The van der Waals surface area contributed by atoms with Gasteiger partial charge >= 0.3 is 0 Å². The molecule has 7 nitrogen and oxygen atoms in total. The van der Waals surface area contributed by atoms with Gasteiger partial charge in [0.05, 0.1) is 26.6 Å². The van der Waals surface area contributed by atoms with Gasteiger partial charge in [-0.25, -0.2) is 13.4 Å². The van der Waals surface area contributed by atoms with E-state index in [-0.39, 0.29) is 23.1 Å². The smallest absolute Gasteiger partial charge is 0.291 e. The Morgan fingerprint density at radius 2 is 1.71 bits per heavy atom. The minimum absolute atomic E-state index is 0.0142. The van der Waals surface area contributed by atoms with Crippen LogP contribution >= 0.6 is 0 Å². The molecule has 2 aromatic rings. The maximum absolute atomic E-state index is 13.1. The van der Waals surface area contributed by atoms with Crippen molar-refractivity contribution in [2.24, 2.45) is 5.41 Å². The predicted octanol–water partition coefficient (Wildman–Crippen LogP) is 5.81. The molecule has 4 rings (SSSR count). The summed E-state index contributed by atoms with van der Waals surface area (Å²) in [6, 6.07) is 3.85. The zero-order valence-corrected chi connectivity index (χ0v) is 22.8. The molecule has 0 spiro atoms. The molecule has 2 aliphatic rings. The number of aromatic nitrogens is 3. The number of hydrogen-bond donors (Lipinski definition) is 2. The van der Waals surface area contributed by atoms with Crippen LogP contribution in [0.3, 0.4) is 0 Å². The van der Waals surface area contributed by atoms with Crippen LogP contribution in [-0.4, -0.2) is 38.8 Å². The van der Waals surface area contributed by atoms with Crippen molar-refractivity contribution in [3.8, 4) is 0 Å². The van der Waals surface area contributed by atoms with Crippen LogP contribution in [0.5, 0.6) is 0 Å². The number of nitrogens with zero attached hydrogens (tertiary/aromatic N) is 2. The second-order valence-corrected chi connectivity index (χ2v) is 15.4. The molecule has 0 unspecified atom stereocenters. The lowest BCUT2D eigenvalue weighted by molar-refractivity contribution is 0.101. The van der Waals surface area contributed by atoms with Gasteiger partial charge in [0.25, 0.3) is 5.91 Å². The van der Waals surface area contributed by atoms with Gasteiger partial charge in [-0.3, -0.25) is 9.78 Å². The molecule has 0 atom stereocenters. The molecule has 1 amide bonds. The van der Waals surface area contributed by atoms with Crippen LogP contribution in [-0.2, 0) is 9.84 Å². The first kappa shape index (κ1) is 25.6. The highest BCUT2D eigenvalue weighted by Crippen LogP contribution is 2.48. The number of nitrogens with one attached hydrogen (secondary N) is 2. The molecule has 1 aliphatic carbocycles. The molecule has 0 aromatic carbocycles. The number of aryl methyl sites for hydroxylation is 1. The topological polar surface area (TPSA) is 105 Å². The Morgan fingerprint density at radius 1 is 1.06 bits per heavy atom. The van der Waals surface area contributed by atoms with E-state index in [0.29, 0.717) is 18.5 Å². The number of H-pyrrole nitrogens is 1. The third-order valence-electron chi connectivity index (χ3n) is 7.71. The summed E-state index contributed by atoms with van der Waals surface area (Å²) in [7, 11) is -3.28. The van der Waals surface area contributed by atoms with Gasteiger partial charge in [0, 0.05) is 17.8 Å². The SMILES string of the molecule is Cc1c[nH]c(C(=O)Nc2ccc(C3CC(C)(C)S(=O)(=O)C(C)(C)C3)nc2C2=CCC(C)(C)CC2)n1. The Kier molecular flexibility index (Phi) is 6.27. The van der Waals surface area contributed by atoms with Crippen molar-refractivity contribution < 1.29 is 13.2 Å². The summed E-state index contributed by atoms with van der Waals surface area (Å²) in [5, 5.41) is 3.00. The fourth-order valence-corrected chi connectivity index (χ4v) is 7.82. The van der Waals surface area contributed by atoms with E-state index < -0.39 is 19.3 Å². The summed E-state index contributed by atoms with van der Waals surface area (Å²) in [5.41, 5.74) is 4.42. The first-order valence-electron chi connectivity index (χ1n) is 12.4.